The van der Waals surface area contributed by atoms with E-state index in [0.29, 0.717) is 5.69 Å². The summed E-state index contributed by atoms with van der Waals surface area (Å²) in [4.78, 5) is 11.7. The standard InChI is InChI=1S/C17H17NO4S/c1-12(2)17(19)22-15-6-4-5-14(11-15)18-23(20,21)16-9-7-13(3)8-10-16/h4-11,18H,1H2,2-3H3. The van der Waals surface area contributed by atoms with Crippen molar-refractivity contribution in [2.75, 3.05) is 4.72 Å². The summed E-state index contributed by atoms with van der Waals surface area (Å²) in [5.74, 6) is -0.328. The van der Waals surface area contributed by atoms with Gasteiger partial charge in [-0.25, -0.2) is 13.2 Å². The van der Waals surface area contributed by atoms with Gasteiger partial charge in [0.2, 0.25) is 0 Å². The zero-order valence-corrected chi connectivity index (χ0v) is 13.7. The van der Waals surface area contributed by atoms with E-state index < -0.39 is 16.0 Å². The third kappa shape index (κ3) is 4.43. The molecule has 120 valence electrons. The quantitative estimate of drug-likeness (QED) is 0.518. The molecule has 6 heteroatoms. The molecule has 2 aromatic carbocycles. The number of anilines is 1. The molecule has 0 saturated carbocycles. The molecule has 0 fully saturated rings. The number of carbonyl (C=O) groups is 1. The van der Waals surface area contributed by atoms with Crippen LogP contribution in [0.4, 0.5) is 5.69 Å². The van der Waals surface area contributed by atoms with Gasteiger partial charge in [0.05, 0.1) is 10.6 Å². The maximum Gasteiger partial charge on any atom is 0.338 e. The molecule has 0 bridgehead atoms. The number of aryl methyl sites for hydroxylation is 1. The molecular formula is C17H17NO4S. The monoisotopic (exact) mass is 331 g/mol. The molecule has 0 aliphatic carbocycles. The second kappa shape index (κ2) is 6.66. The molecule has 0 spiro atoms. The molecule has 1 N–H and O–H groups in total. The summed E-state index contributed by atoms with van der Waals surface area (Å²) in [6.45, 7) is 6.91. The van der Waals surface area contributed by atoms with Gasteiger partial charge in [-0.3, -0.25) is 4.72 Å². The Morgan fingerprint density at radius 1 is 1.13 bits per heavy atom. The van der Waals surface area contributed by atoms with Gasteiger partial charge >= 0.3 is 5.97 Å². The second-order valence-electron chi connectivity index (χ2n) is 5.12. The van der Waals surface area contributed by atoms with E-state index in [1.54, 1.807) is 30.3 Å². The number of carbonyl (C=O) groups excluding carboxylic acids is 1. The van der Waals surface area contributed by atoms with Gasteiger partial charge in [0, 0.05) is 11.6 Å². The summed E-state index contributed by atoms with van der Waals surface area (Å²) in [7, 11) is -3.70. The lowest BCUT2D eigenvalue weighted by Gasteiger charge is -2.10. The maximum atomic E-state index is 12.3. The predicted octanol–water partition coefficient (Wildman–Crippen LogP) is 3.28. The van der Waals surface area contributed by atoms with Crippen molar-refractivity contribution in [2.45, 2.75) is 18.7 Å². The summed E-state index contributed by atoms with van der Waals surface area (Å²) in [5, 5.41) is 0. The molecule has 0 atom stereocenters. The fraction of sp³-hybridized carbons (Fsp3) is 0.118. The average molecular weight is 331 g/mol. The normalized spacial score (nSPS) is 10.9. The summed E-state index contributed by atoms with van der Waals surface area (Å²) in [6.07, 6.45) is 0. The van der Waals surface area contributed by atoms with Crippen LogP contribution in [0.25, 0.3) is 0 Å². The molecule has 23 heavy (non-hydrogen) atoms. The lowest BCUT2D eigenvalue weighted by Crippen LogP contribution is -2.13. The minimum Gasteiger partial charge on any atom is -0.423 e. The van der Waals surface area contributed by atoms with Crippen molar-refractivity contribution in [3.8, 4) is 5.75 Å². The summed E-state index contributed by atoms with van der Waals surface area (Å²) < 4.78 is 32.2. The third-order valence-electron chi connectivity index (χ3n) is 2.98. The summed E-state index contributed by atoms with van der Waals surface area (Å²) in [6, 6.07) is 12.7. The number of benzene rings is 2. The van der Waals surface area contributed by atoms with Crippen LogP contribution in [0.15, 0.2) is 65.6 Å². The van der Waals surface area contributed by atoms with E-state index in [-0.39, 0.29) is 16.2 Å². The first-order valence-corrected chi connectivity index (χ1v) is 8.33. The van der Waals surface area contributed by atoms with Gasteiger partial charge < -0.3 is 4.74 Å². The van der Waals surface area contributed by atoms with E-state index >= 15 is 0 Å². The molecule has 0 unspecified atom stereocenters. The highest BCUT2D eigenvalue weighted by atomic mass is 32.2. The first-order valence-electron chi connectivity index (χ1n) is 6.85. The summed E-state index contributed by atoms with van der Waals surface area (Å²) in [5.41, 5.74) is 1.53. The largest absolute Gasteiger partial charge is 0.423 e. The zero-order valence-electron chi connectivity index (χ0n) is 12.9. The van der Waals surface area contributed by atoms with Crippen LogP contribution in [0.3, 0.4) is 0 Å². The van der Waals surface area contributed by atoms with Gasteiger partial charge in [0.15, 0.2) is 0 Å². The number of nitrogens with one attached hydrogen (secondary N) is 1. The highest BCUT2D eigenvalue weighted by molar-refractivity contribution is 7.92. The van der Waals surface area contributed by atoms with Crippen molar-refractivity contribution in [1.82, 2.24) is 0 Å². The predicted molar refractivity (Wildman–Crippen MR) is 88.9 cm³/mol. The Labute approximate surface area is 135 Å². The molecule has 0 amide bonds. The van der Waals surface area contributed by atoms with Gasteiger partial charge in [-0.2, -0.15) is 0 Å². The number of hydrogen-bond donors (Lipinski definition) is 1. The number of hydrogen-bond acceptors (Lipinski definition) is 4. The SMILES string of the molecule is C=C(C)C(=O)Oc1cccc(NS(=O)(=O)c2ccc(C)cc2)c1. The van der Waals surface area contributed by atoms with E-state index in [1.807, 2.05) is 6.92 Å². The van der Waals surface area contributed by atoms with Crippen molar-refractivity contribution in [1.29, 1.82) is 0 Å². The van der Waals surface area contributed by atoms with Gasteiger partial charge in [-0.05, 0) is 38.1 Å². The number of ether oxygens (including phenoxy) is 1. The highest BCUT2D eigenvalue weighted by Crippen LogP contribution is 2.21. The van der Waals surface area contributed by atoms with Gasteiger partial charge in [0.1, 0.15) is 5.75 Å². The Balaban J connectivity index is 2.21. The molecule has 0 saturated heterocycles. The van der Waals surface area contributed by atoms with E-state index in [0.717, 1.165) is 5.56 Å². The minimum absolute atomic E-state index is 0.160. The van der Waals surface area contributed by atoms with Gasteiger partial charge in [-0.1, -0.05) is 30.3 Å². The van der Waals surface area contributed by atoms with E-state index in [2.05, 4.69) is 11.3 Å². The van der Waals surface area contributed by atoms with Crippen LogP contribution in [-0.4, -0.2) is 14.4 Å². The summed E-state index contributed by atoms with van der Waals surface area (Å²) >= 11 is 0. The molecule has 5 nitrogen and oxygen atoms in total. The zero-order chi connectivity index (χ0) is 17.0. The molecule has 0 aromatic heterocycles. The van der Waals surface area contributed by atoms with Crippen LogP contribution in [-0.2, 0) is 14.8 Å². The highest BCUT2D eigenvalue weighted by Gasteiger charge is 2.14. The van der Waals surface area contributed by atoms with E-state index in [4.69, 9.17) is 4.74 Å². The molecule has 2 rings (SSSR count). The maximum absolute atomic E-state index is 12.3. The minimum atomic E-state index is -3.70. The Morgan fingerprint density at radius 3 is 2.39 bits per heavy atom. The van der Waals surface area contributed by atoms with Crippen LogP contribution in [0.5, 0.6) is 5.75 Å². The Morgan fingerprint density at radius 2 is 1.78 bits per heavy atom. The van der Waals surface area contributed by atoms with Crippen molar-refractivity contribution in [3.63, 3.8) is 0 Å². The van der Waals surface area contributed by atoms with Gasteiger partial charge in [0.25, 0.3) is 10.0 Å². The van der Waals surface area contributed by atoms with E-state index in [1.165, 1.54) is 25.1 Å². The Bertz CT molecular complexity index is 839. The average Bonchev–Trinajstić information content (AvgIpc) is 2.47. The molecule has 2 aromatic rings. The van der Waals surface area contributed by atoms with Crippen LogP contribution in [0.1, 0.15) is 12.5 Å². The van der Waals surface area contributed by atoms with Crippen molar-refractivity contribution in [2.24, 2.45) is 0 Å². The molecule has 0 heterocycles. The molecule has 0 aliphatic rings. The molecule has 0 aliphatic heterocycles. The fourth-order valence-corrected chi connectivity index (χ4v) is 2.80. The van der Waals surface area contributed by atoms with Crippen molar-refractivity contribution < 1.29 is 17.9 Å². The molecular weight excluding hydrogens is 314 g/mol. The first-order chi connectivity index (χ1) is 10.8. The van der Waals surface area contributed by atoms with Crippen molar-refractivity contribution >= 4 is 21.7 Å². The Kier molecular flexibility index (Phi) is 4.86. The lowest BCUT2D eigenvalue weighted by molar-refractivity contribution is -0.130. The topological polar surface area (TPSA) is 72.5 Å². The van der Waals surface area contributed by atoms with Crippen LogP contribution in [0.2, 0.25) is 0 Å². The number of sulfonamides is 1. The third-order valence-corrected chi connectivity index (χ3v) is 4.37. The smallest absolute Gasteiger partial charge is 0.338 e. The lowest BCUT2D eigenvalue weighted by atomic mass is 10.2. The van der Waals surface area contributed by atoms with Crippen molar-refractivity contribution in [3.05, 3.63) is 66.2 Å². The fourth-order valence-electron chi connectivity index (χ4n) is 1.75. The van der Waals surface area contributed by atoms with Crippen LogP contribution >= 0.6 is 0 Å². The number of esters is 1. The van der Waals surface area contributed by atoms with E-state index in [9.17, 15) is 13.2 Å². The van der Waals surface area contributed by atoms with Crippen LogP contribution in [0, 0.1) is 6.92 Å². The Hall–Kier alpha value is -2.60. The second-order valence-corrected chi connectivity index (χ2v) is 6.80. The first kappa shape index (κ1) is 16.8. The van der Waals surface area contributed by atoms with Crippen LogP contribution < -0.4 is 9.46 Å². The van der Waals surface area contributed by atoms with Gasteiger partial charge in [-0.15, -0.1) is 0 Å². The number of rotatable bonds is 5. The molecule has 0 radical (unpaired) electrons.